The van der Waals surface area contributed by atoms with Gasteiger partial charge in [-0.1, -0.05) is 0 Å². The predicted octanol–water partition coefficient (Wildman–Crippen LogP) is 2.19. The van der Waals surface area contributed by atoms with Crippen molar-refractivity contribution in [2.24, 2.45) is 7.05 Å². The lowest BCUT2D eigenvalue weighted by molar-refractivity contribution is 0.438. The summed E-state index contributed by atoms with van der Waals surface area (Å²) in [5.74, 6) is 0.649. The molecule has 0 amide bonds. The highest BCUT2D eigenvalue weighted by atomic mass is 15.3. The van der Waals surface area contributed by atoms with Gasteiger partial charge in [-0.2, -0.15) is 5.10 Å². The second-order valence-corrected chi connectivity index (χ2v) is 5.11. The molecule has 1 saturated heterocycles. The molecule has 0 spiro atoms. The first-order valence-electron chi connectivity index (χ1n) is 6.64. The van der Waals surface area contributed by atoms with E-state index in [1.165, 1.54) is 29.7 Å². The Morgan fingerprint density at radius 1 is 1.33 bits per heavy atom. The average Bonchev–Trinajstić information content (AvgIpc) is 2.99. The first kappa shape index (κ1) is 11.5. The number of aromatic nitrogens is 3. The van der Waals surface area contributed by atoms with Gasteiger partial charge >= 0.3 is 0 Å². The van der Waals surface area contributed by atoms with E-state index >= 15 is 0 Å². The Labute approximate surface area is 107 Å². The van der Waals surface area contributed by atoms with Crippen LogP contribution in [0.15, 0.2) is 18.5 Å². The molecule has 0 unspecified atom stereocenters. The highest BCUT2D eigenvalue weighted by Gasteiger charge is 2.23. The van der Waals surface area contributed by atoms with Crippen molar-refractivity contribution in [3.05, 3.63) is 29.7 Å². The molecular weight excluding hydrogens is 224 g/mol. The fourth-order valence-corrected chi connectivity index (χ4v) is 3.05. The molecule has 3 heterocycles. The highest BCUT2D eigenvalue weighted by molar-refractivity contribution is 5.63. The van der Waals surface area contributed by atoms with E-state index in [9.17, 15) is 0 Å². The number of piperidine rings is 1. The minimum Gasteiger partial charge on any atom is -0.367 e. The Kier molecular flexibility index (Phi) is 2.96. The van der Waals surface area contributed by atoms with Crippen molar-refractivity contribution in [2.75, 3.05) is 13.1 Å². The van der Waals surface area contributed by atoms with Gasteiger partial charge in [0, 0.05) is 36.6 Å². The molecule has 0 aliphatic carbocycles. The van der Waals surface area contributed by atoms with E-state index in [0.29, 0.717) is 5.92 Å². The second-order valence-electron chi connectivity index (χ2n) is 5.11. The quantitative estimate of drug-likeness (QED) is 0.850. The lowest BCUT2D eigenvalue weighted by atomic mass is 9.91. The summed E-state index contributed by atoms with van der Waals surface area (Å²) >= 11 is 0. The van der Waals surface area contributed by atoms with Crippen LogP contribution in [0.1, 0.15) is 30.0 Å². The lowest BCUT2D eigenvalue weighted by Gasteiger charge is -2.23. The summed E-state index contributed by atoms with van der Waals surface area (Å²) in [7, 11) is 2.07. The van der Waals surface area contributed by atoms with E-state index in [-0.39, 0.29) is 0 Å². The first-order valence-corrected chi connectivity index (χ1v) is 6.64. The predicted molar refractivity (Wildman–Crippen MR) is 72.6 cm³/mol. The lowest BCUT2D eigenvalue weighted by Crippen LogP contribution is -2.27. The molecule has 2 aromatic rings. The van der Waals surface area contributed by atoms with Crippen LogP contribution in [0.25, 0.3) is 11.3 Å². The van der Waals surface area contributed by atoms with E-state index < -0.39 is 0 Å². The maximum Gasteiger partial charge on any atom is 0.0970 e. The van der Waals surface area contributed by atoms with Crippen LogP contribution in [0.4, 0.5) is 0 Å². The number of aryl methyl sites for hydroxylation is 1. The second kappa shape index (κ2) is 4.61. The van der Waals surface area contributed by atoms with Crippen LogP contribution in [-0.2, 0) is 7.05 Å². The third kappa shape index (κ3) is 1.86. The van der Waals surface area contributed by atoms with Gasteiger partial charge in [-0.25, -0.2) is 0 Å². The summed E-state index contributed by atoms with van der Waals surface area (Å²) < 4.78 is 2.08. The SMILES string of the molecule is Cc1c(-c2cc[nH]c2)nn(C)c1C1CCNCC1. The molecule has 1 fully saturated rings. The fraction of sp³-hybridized carbons (Fsp3) is 0.500. The summed E-state index contributed by atoms with van der Waals surface area (Å²) in [6, 6.07) is 2.08. The third-order valence-electron chi connectivity index (χ3n) is 3.94. The summed E-state index contributed by atoms with van der Waals surface area (Å²) in [5.41, 5.74) is 5.05. The van der Waals surface area contributed by atoms with Crippen molar-refractivity contribution in [3.63, 3.8) is 0 Å². The molecule has 4 nitrogen and oxygen atoms in total. The Bertz CT molecular complexity index is 518. The van der Waals surface area contributed by atoms with Crippen LogP contribution in [0.5, 0.6) is 0 Å². The maximum atomic E-state index is 4.70. The maximum absolute atomic E-state index is 4.70. The summed E-state index contributed by atoms with van der Waals surface area (Å²) in [6.07, 6.45) is 6.40. The topological polar surface area (TPSA) is 45.6 Å². The number of hydrogen-bond acceptors (Lipinski definition) is 2. The highest BCUT2D eigenvalue weighted by Crippen LogP contribution is 2.32. The number of nitrogens with one attached hydrogen (secondary N) is 2. The molecule has 96 valence electrons. The van der Waals surface area contributed by atoms with Gasteiger partial charge in [-0.05, 0) is 44.5 Å². The van der Waals surface area contributed by atoms with Gasteiger partial charge in [-0.15, -0.1) is 0 Å². The molecule has 0 aromatic carbocycles. The summed E-state index contributed by atoms with van der Waals surface area (Å²) in [5, 5.41) is 8.13. The van der Waals surface area contributed by atoms with Crippen molar-refractivity contribution in [1.82, 2.24) is 20.1 Å². The Morgan fingerprint density at radius 2 is 2.11 bits per heavy atom. The molecule has 0 bridgehead atoms. The van der Waals surface area contributed by atoms with E-state index in [0.717, 1.165) is 18.8 Å². The van der Waals surface area contributed by atoms with Crippen molar-refractivity contribution in [1.29, 1.82) is 0 Å². The van der Waals surface area contributed by atoms with Crippen molar-refractivity contribution in [3.8, 4) is 11.3 Å². The normalized spacial score (nSPS) is 17.2. The van der Waals surface area contributed by atoms with Gasteiger partial charge in [0.2, 0.25) is 0 Å². The number of rotatable bonds is 2. The number of nitrogens with zero attached hydrogens (tertiary/aromatic N) is 2. The summed E-state index contributed by atoms with van der Waals surface area (Å²) in [4.78, 5) is 3.10. The van der Waals surface area contributed by atoms with Crippen molar-refractivity contribution < 1.29 is 0 Å². The van der Waals surface area contributed by atoms with Gasteiger partial charge in [0.25, 0.3) is 0 Å². The molecule has 0 radical (unpaired) electrons. The molecule has 0 saturated carbocycles. The van der Waals surface area contributed by atoms with Crippen molar-refractivity contribution in [2.45, 2.75) is 25.7 Å². The molecular formula is C14H20N4. The van der Waals surface area contributed by atoms with Gasteiger partial charge in [0.15, 0.2) is 0 Å². The van der Waals surface area contributed by atoms with Crippen molar-refractivity contribution >= 4 is 0 Å². The largest absolute Gasteiger partial charge is 0.367 e. The minimum atomic E-state index is 0.649. The zero-order valence-corrected chi connectivity index (χ0v) is 11.0. The minimum absolute atomic E-state index is 0.649. The number of aromatic amines is 1. The Morgan fingerprint density at radius 3 is 2.78 bits per heavy atom. The van der Waals surface area contributed by atoms with Crippen LogP contribution in [-0.4, -0.2) is 27.9 Å². The molecule has 18 heavy (non-hydrogen) atoms. The van der Waals surface area contributed by atoms with E-state index in [1.807, 2.05) is 12.4 Å². The van der Waals surface area contributed by atoms with Gasteiger partial charge in [-0.3, -0.25) is 4.68 Å². The van der Waals surface area contributed by atoms with Gasteiger partial charge in [0.1, 0.15) is 0 Å². The number of H-pyrrole nitrogens is 1. The molecule has 4 heteroatoms. The average molecular weight is 244 g/mol. The van der Waals surface area contributed by atoms with Crippen LogP contribution < -0.4 is 5.32 Å². The van der Waals surface area contributed by atoms with Crippen LogP contribution in [0, 0.1) is 6.92 Å². The molecule has 2 aromatic heterocycles. The molecule has 3 rings (SSSR count). The Balaban J connectivity index is 2.00. The first-order chi connectivity index (χ1) is 8.77. The van der Waals surface area contributed by atoms with Crippen LogP contribution in [0.2, 0.25) is 0 Å². The number of hydrogen-bond donors (Lipinski definition) is 2. The summed E-state index contributed by atoms with van der Waals surface area (Å²) in [6.45, 7) is 4.44. The van der Waals surface area contributed by atoms with E-state index in [2.05, 4.69) is 35.0 Å². The van der Waals surface area contributed by atoms with E-state index in [1.54, 1.807) is 0 Å². The zero-order valence-electron chi connectivity index (χ0n) is 11.0. The molecule has 2 N–H and O–H groups in total. The van der Waals surface area contributed by atoms with Gasteiger partial charge < -0.3 is 10.3 Å². The van der Waals surface area contributed by atoms with Crippen LogP contribution >= 0.6 is 0 Å². The molecule has 0 atom stereocenters. The fourth-order valence-electron chi connectivity index (χ4n) is 3.05. The van der Waals surface area contributed by atoms with E-state index in [4.69, 9.17) is 5.10 Å². The molecule has 1 aliphatic heterocycles. The standard InChI is InChI=1S/C14H20N4/c1-10-13(12-5-8-16-9-12)17-18(2)14(10)11-3-6-15-7-4-11/h5,8-9,11,15-16H,3-4,6-7H2,1-2H3. The van der Waals surface area contributed by atoms with Crippen LogP contribution in [0.3, 0.4) is 0 Å². The van der Waals surface area contributed by atoms with Gasteiger partial charge in [0.05, 0.1) is 5.69 Å². The monoisotopic (exact) mass is 244 g/mol. The Hall–Kier alpha value is -1.55. The smallest absolute Gasteiger partial charge is 0.0970 e. The third-order valence-corrected chi connectivity index (χ3v) is 3.94. The molecule has 1 aliphatic rings. The zero-order chi connectivity index (χ0) is 12.5.